The zero-order valence-electron chi connectivity index (χ0n) is 11.7. The summed E-state index contributed by atoms with van der Waals surface area (Å²) in [6.45, 7) is 0. The van der Waals surface area contributed by atoms with Crippen LogP contribution in [0.4, 0.5) is 5.69 Å². The molecule has 1 unspecified atom stereocenters. The molecule has 1 atom stereocenters. The first-order valence-corrected chi connectivity index (χ1v) is 7.25. The number of halogens is 1. The third-order valence-corrected chi connectivity index (χ3v) is 3.73. The van der Waals surface area contributed by atoms with E-state index in [0.29, 0.717) is 16.3 Å². The number of carbonyl (C=O) groups is 1. The van der Waals surface area contributed by atoms with Crippen molar-refractivity contribution < 1.29 is 9.90 Å². The van der Waals surface area contributed by atoms with E-state index >= 15 is 0 Å². The van der Waals surface area contributed by atoms with E-state index in [2.05, 4.69) is 5.32 Å². The topological polar surface area (TPSA) is 49.3 Å². The normalized spacial score (nSPS) is 12.1. The first-order chi connectivity index (χ1) is 10.6. The number of hydrogen-bond donors (Lipinski definition) is 2. The molecule has 0 bridgehead atoms. The number of amides is 1. The average Bonchev–Trinajstić information content (AvgIpc) is 2.55. The monoisotopic (exact) mass is 311 g/mol. The van der Waals surface area contributed by atoms with E-state index in [1.54, 1.807) is 24.3 Å². The molecule has 0 aliphatic heterocycles. The average molecular weight is 312 g/mol. The van der Waals surface area contributed by atoms with Crippen molar-refractivity contribution in [3.8, 4) is 0 Å². The fraction of sp³-hybridized carbons (Fsp3) is 0.0556. The summed E-state index contributed by atoms with van der Waals surface area (Å²) in [7, 11) is 0. The van der Waals surface area contributed by atoms with Crippen molar-refractivity contribution in [1.29, 1.82) is 0 Å². The molecule has 22 heavy (non-hydrogen) atoms. The molecular weight excluding hydrogens is 298 g/mol. The van der Waals surface area contributed by atoms with Crippen LogP contribution in [0.25, 0.3) is 10.8 Å². The second-order valence-electron chi connectivity index (χ2n) is 4.97. The summed E-state index contributed by atoms with van der Waals surface area (Å²) in [5.74, 6) is -0.473. The molecule has 0 fully saturated rings. The van der Waals surface area contributed by atoms with Gasteiger partial charge in [-0.05, 0) is 29.1 Å². The van der Waals surface area contributed by atoms with Gasteiger partial charge in [0.05, 0.1) is 0 Å². The van der Waals surface area contributed by atoms with E-state index in [1.807, 2.05) is 42.5 Å². The first-order valence-electron chi connectivity index (χ1n) is 6.87. The number of rotatable bonds is 3. The third-order valence-electron chi connectivity index (χ3n) is 3.48. The molecule has 0 aromatic heterocycles. The number of carbonyl (C=O) groups excluding carboxylic acids is 1. The molecule has 3 aromatic carbocycles. The van der Waals surface area contributed by atoms with Gasteiger partial charge in [0, 0.05) is 16.1 Å². The fourth-order valence-electron chi connectivity index (χ4n) is 2.33. The second-order valence-corrected chi connectivity index (χ2v) is 5.41. The lowest BCUT2D eigenvalue weighted by molar-refractivity contribution is -0.124. The predicted octanol–water partition coefficient (Wildman–Crippen LogP) is 4.17. The molecule has 0 saturated carbocycles. The number of anilines is 1. The van der Waals surface area contributed by atoms with E-state index in [1.165, 1.54) is 0 Å². The number of hydrogen-bond acceptors (Lipinski definition) is 2. The molecule has 0 radical (unpaired) electrons. The molecule has 4 heteroatoms. The summed E-state index contributed by atoms with van der Waals surface area (Å²) in [5, 5.41) is 15.5. The van der Waals surface area contributed by atoms with Gasteiger partial charge in [0.2, 0.25) is 0 Å². The van der Waals surface area contributed by atoms with Gasteiger partial charge in [-0.1, -0.05) is 60.1 Å². The van der Waals surface area contributed by atoms with Crippen LogP contribution in [0.2, 0.25) is 5.02 Å². The van der Waals surface area contributed by atoms with Crippen molar-refractivity contribution in [2.24, 2.45) is 0 Å². The zero-order chi connectivity index (χ0) is 15.5. The number of aliphatic hydroxyl groups excluding tert-OH is 1. The Labute approximate surface area is 133 Å². The molecular formula is C18H14ClNO2. The van der Waals surface area contributed by atoms with E-state index in [-0.39, 0.29) is 0 Å². The second kappa shape index (κ2) is 6.18. The number of fused-ring (bicyclic) bond motifs is 1. The lowest BCUT2D eigenvalue weighted by atomic mass is 10.1. The Bertz CT molecular complexity index is 809. The lowest BCUT2D eigenvalue weighted by Crippen LogP contribution is -2.20. The Kier molecular flexibility index (Phi) is 4.09. The SMILES string of the molecule is O=C(Nc1cccc2ccccc12)C(O)c1ccc(Cl)cc1. The molecule has 3 nitrogen and oxygen atoms in total. The molecule has 2 N–H and O–H groups in total. The van der Waals surface area contributed by atoms with Gasteiger partial charge in [-0.3, -0.25) is 4.79 Å². The highest BCUT2D eigenvalue weighted by molar-refractivity contribution is 6.30. The van der Waals surface area contributed by atoms with Gasteiger partial charge < -0.3 is 10.4 Å². The van der Waals surface area contributed by atoms with Crippen LogP contribution in [-0.2, 0) is 4.79 Å². The number of benzene rings is 3. The molecule has 0 spiro atoms. The molecule has 3 rings (SSSR count). The van der Waals surface area contributed by atoms with E-state index in [0.717, 1.165) is 10.8 Å². The minimum Gasteiger partial charge on any atom is -0.378 e. The number of nitrogens with one attached hydrogen (secondary N) is 1. The van der Waals surface area contributed by atoms with Crippen LogP contribution < -0.4 is 5.32 Å². The third kappa shape index (κ3) is 2.96. The van der Waals surface area contributed by atoms with E-state index < -0.39 is 12.0 Å². The van der Waals surface area contributed by atoms with Crippen molar-refractivity contribution in [2.75, 3.05) is 5.32 Å². The fourth-order valence-corrected chi connectivity index (χ4v) is 2.46. The van der Waals surface area contributed by atoms with Crippen LogP contribution in [-0.4, -0.2) is 11.0 Å². The maximum Gasteiger partial charge on any atom is 0.257 e. The Morgan fingerprint density at radius 1 is 0.955 bits per heavy atom. The standard InChI is InChI=1S/C18H14ClNO2/c19-14-10-8-13(9-11-14)17(21)18(22)20-16-7-3-5-12-4-1-2-6-15(12)16/h1-11,17,21H,(H,20,22). The lowest BCUT2D eigenvalue weighted by Gasteiger charge is -2.13. The van der Waals surface area contributed by atoms with Crippen molar-refractivity contribution in [2.45, 2.75) is 6.10 Å². The van der Waals surface area contributed by atoms with Crippen LogP contribution in [0, 0.1) is 0 Å². The van der Waals surface area contributed by atoms with Gasteiger partial charge in [-0.25, -0.2) is 0 Å². The molecule has 3 aromatic rings. The maximum absolute atomic E-state index is 12.2. The summed E-state index contributed by atoms with van der Waals surface area (Å²) in [4.78, 5) is 12.2. The Hall–Kier alpha value is -2.36. The van der Waals surface area contributed by atoms with Crippen LogP contribution in [0.5, 0.6) is 0 Å². The largest absolute Gasteiger partial charge is 0.378 e. The van der Waals surface area contributed by atoms with Crippen molar-refractivity contribution in [1.82, 2.24) is 0 Å². The van der Waals surface area contributed by atoms with Crippen molar-refractivity contribution in [3.05, 3.63) is 77.3 Å². The Morgan fingerprint density at radius 2 is 1.64 bits per heavy atom. The van der Waals surface area contributed by atoms with Gasteiger partial charge in [0.1, 0.15) is 0 Å². The molecule has 0 aliphatic rings. The number of aliphatic hydroxyl groups is 1. The van der Waals surface area contributed by atoms with Crippen LogP contribution in [0.3, 0.4) is 0 Å². The summed E-state index contributed by atoms with van der Waals surface area (Å²) < 4.78 is 0. The van der Waals surface area contributed by atoms with Crippen molar-refractivity contribution in [3.63, 3.8) is 0 Å². The predicted molar refractivity (Wildman–Crippen MR) is 89.0 cm³/mol. The highest BCUT2D eigenvalue weighted by Crippen LogP contribution is 2.24. The minimum absolute atomic E-state index is 0.473. The molecule has 0 saturated heterocycles. The molecule has 0 heterocycles. The zero-order valence-corrected chi connectivity index (χ0v) is 12.4. The van der Waals surface area contributed by atoms with Crippen LogP contribution >= 0.6 is 11.6 Å². The Balaban J connectivity index is 1.85. The summed E-state index contributed by atoms with van der Waals surface area (Å²) in [6, 6.07) is 20.0. The quantitative estimate of drug-likeness (QED) is 0.763. The summed E-state index contributed by atoms with van der Waals surface area (Å²) in [6.07, 6.45) is -1.24. The Morgan fingerprint density at radius 3 is 2.41 bits per heavy atom. The molecule has 110 valence electrons. The van der Waals surface area contributed by atoms with Crippen LogP contribution in [0.15, 0.2) is 66.7 Å². The van der Waals surface area contributed by atoms with E-state index in [9.17, 15) is 9.90 Å². The molecule has 0 aliphatic carbocycles. The van der Waals surface area contributed by atoms with Crippen LogP contribution in [0.1, 0.15) is 11.7 Å². The highest BCUT2D eigenvalue weighted by Gasteiger charge is 2.18. The van der Waals surface area contributed by atoms with Gasteiger partial charge in [0.15, 0.2) is 6.10 Å². The first kappa shape index (κ1) is 14.6. The van der Waals surface area contributed by atoms with Gasteiger partial charge in [-0.15, -0.1) is 0 Å². The summed E-state index contributed by atoms with van der Waals surface area (Å²) >= 11 is 5.81. The van der Waals surface area contributed by atoms with Crippen molar-refractivity contribution >= 4 is 34.0 Å². The van der Waals surface area contributed by atoms with Gasteiger partial charge in [0.25, 0.3) is 5.91 Å². The highest BCUT2D eigenvalue weighted by atomic mass is 35.5. The summed E-state index contributed by atoms with van der Waals surface area (Å²) in [5.41, 5.74) is 1.18. The maximum atomic E-state index is 12.2. The van der Waals surface area contributed by atoms with E-state index in [4.69, 9.17) is 11.6 Å². The minimum atomic E-state index is -1.24. The smallest absolute Gasteiger partial charge is 0.257 e. The van der Waals surface area contributed by atoms with Gasteiger partial charge in [-0.2, -0.15) is 0 Å². The van der Waals surface area contributed by atoms with Gasteiger partial charge >= 0.3 is 0 Å². The molecule has 1 amide bonds.